The number of hydrogen-bond donors (Lipinski definition) is 1. The van der Waals surface area contributed by atoms with E-state index < -0.39 is 5.97 Å². The molecule has 0 fully saturated rings. The van der Waals surface area contributed by atoms with Crippen LogP contribution in [0.15, 0.2) is 30.3 Å². The van der Waals surface area contributed by atoms with Crippen molar-refractivity contribution in [3.8, 4) is 0 Å². The minimum absolute atomic E-state index is 0.146. The van der Waals surface area contributed by atoms with Gasteiger partial charge in [0.1, 0.15) is 0 Å². The summed E-state index contributed by atoms with van der Waals surface area (Å²) >= 11 is 1.03. The van der Waals surface area contributed by atoms with Crippen molar-refractivity contribution in [1.29, 1.82) is 0 Å². The van der Waals surface area contributed by atoms with Gasteiger partial charge in [-0.15, -0.1) is 10.8 Å². The second-order valence-corrected chi connectivity index (χ2v) is 9.59. The second kappa shape index (κ2) is 9.32. The molecule has 1 atom stereocenters. The van der Waals surface area contributed by atoms with Crippen molar-refractivity contribution in [2.75, 3.05) is 12.3 Å². The summed E-state index contributed by atoms with van der Waals surface area (Å²) in [6.07, 6.45) is 0.661. The third-order valence-electron chi connectivity index (χ3n) is 2.51. The molecule has 19 heavy (non-hydrogen) atoms. The van der Waals surface area contributed by atoms with E-state index in [1.165, 1.54) is 0 Å². The van der Waals surface area contributed by atoms with Crippen LogP contribution in [0, 0.1) is 5.92 Å². The van der Waals surface area contributed by atoms with Crippen molar-refractivity contribution in [2.24, 2.45) is 5.92 Å². The summed E-state index contributed by atoms with van der Waals surface area (Å²) in [5.74, 6) is -0.348. The Morgan fingerprint density at radius 2 is 2.00 bits per heavy atom. The molecule has 7 heteroatoms. The highest BCUT2D eigenvalue weighted by Gasteiger charge is 2.20. The maximum atomic E-state index is 12.0. The maximum Gasteiger partial charge on any atom is 0.535 e. The maximum absolute atomic E-state index is 12.0. The Labute approximate surface area is 127 Å². The van der Waals surface area contributed by atoms with Gasteiger partial charge in [-0.05, 0) is 12.0 Å². The van der Waals surface area contributed by atoms with Crippen LogP contribution < -0.4 is 5.32 Å². The molecule has 4 nitrogen and oxygen atoms in total. The Hall–Kier alpha value is -0.608. The normalized spacial score (nSPS) is 11.8. The fourth-order valence-corrected chi connectivity index (χ4v) is 4.28. The van der Waals surface area contributed by atoms with Gasteiger partial charge in [-0.2, -0.15) is 0 Å². The van der Waals surface area contributed by atoms with E-state index in [1.807, 2.05) is 30.3 Å². The molecule has 0 aliphatic rings. The highest BCUT2D eigenvalue weighted by molar-refractivity contribution is 8.84. The Morgan fingerprint density at radius 1 is 1.32 bits per heavy atom. The molecule has 0 saturated carbocycles. The molecule has 0 spiro atoms. The number of nitrogens with one attached hydrogen (secondary N) is 1. The molecule has 0 saturated heterocycles. The Morgan fingerprint density at radius 3 is 2.58 bits per heavy atom. The third-order valence-corrected chi connectivity index (χ3v) is 6.52. The average molecular weight is 314 g/mol. The predicted molar refractivity (Wildman–Crippen MR) is 83.9 cm³/mol. The molecular formula is C12H17AlNO3S2+. The molecule has 0 bridgehead atoms. The summed E-state index contributed by atoms with van der Waals surface area (Å²) in [5.41, 5.74) is 1.11. The molecule has 1 rings (SSSR count). The van der Waals surface area contributed by atoms with Crippen molar-refractivity contribution < 1.29 is 14.7 Å². The number of amides is 1. The Balaban J connectivity index is 2.60. The first kappa shape index (κ1) is 16.4. The smallest absolute Gasteiger partial charge is 0.535 e. The van der Waals surface area contributed by atoms with E-state index in [-0.39, 0.29) is 18.4 Å². The first-order valence-corrected chi connectivity index (χ1v) is 11.0. The number of carbonyl (C=O) groups excluding carboxylic acids is 2. The minimum Gasteiger partial charge on any atom is -0.563 e. The van der Waals surface area contributed by atoms with Crippen LogP contribution >= 0.6 is 20.0 Å². The summed E-state index contributed by atoms with van der Waals surface area (Å²) < 4.78 is 0. The zero-order chi connectivity index (χ0) is 14.1. The van der Waals surface area contributed by atoms with E-state index in [0.29, 0.717) is 6.42 Å². The molecule has 0 heterocycles. The molecule has 1 unspecified atom stereocenters. The first-order chi connectivity index (χ1) is 9.13. The van der Waals surface area contributed by atoms with Crippen LogP contribution in [0.2, 0.25) is 0 Å². The van der Waals surface area contributed by atoms with Crippen LogP contribution in [0.3, 0.4) is 0 Å². The second-order valence-electron chi connectivity index (χ2n) is 3.98. The van der Waals surface area contributed by atoms with Crippen LogP contribution in [0.1, 0.15) is 5.56 Å². The van der Waals surface area contributed by atoms with E-state index in [0.717, 1.165) is 26.5 Å². The SMILES string of the molecule is O=C([OH2+])CNC(=O)C(CS[S][AlH2])Cc1ccccc1. The lowest BCUT2D eigenvalue weighted by Gasteiger charge is -2.15. The summed E-state index contributed by atoms with van der Waals surface area (Å²) in [6.45, 7) is -0.206. The van der Waals surface area contributed by atoms with Gasteiger partial charge in [-0.3, -0.25) is 4.79 Å². The molecule has 0 radical (unpaired) electrons. The van der Waals surface area contributed by atoms with Crippen LogP contribution in [0.25, 0.3) is 0 Å². The van der Waals surface area contributed by atoms with Crippen LogP contribution in [-0.2, 0) is 16.0 Å². The summed E-state index contributed by atoms with van der Waals surface area (Å²) in [4.78, 5) is 22.6. The fraction of sp³-hybridized carbons (Fsp3) is 0.333. The van der Waals surface area contributed by atoms with E-state index in [2.05, 4.69) is 5.32 Å². The van der Waals surface area contributed by atoms with E-state index in [9.17, 15) is 9.59 Å². The topological polar surface area (TPSA) is 69.1 Å². The quantitative estimate of drug-likeness (QED) is 0.421. The van der Waals surface area contributed by atoms with Gasteiger partial charge in [0.2, 0.25) is 5.91 Å². The van der Waals surface area contributed by atoms with Gasteiger partial charge in [-0.25, -0.2) is 9.16 Å². The van der Waals surface area contributed by atoms with Gasteiger partial charge in [0.15, 0.2) is 6.54 Å². The van der Waals surface area contributed by atoms with Gasteiger partial charge >= 0.3 is 21.1 Å². The lowest BCUT2D eigenvalue weighted by molar-refractivity contribution is -0.138. The van der Waals surface area contributed by atoms with E-state index >= 15 is 0 Å². The average Bonchev–Trinajstić information content (AvgIpc) is 2.41. The molecule has 3 N–H and O–H groups in total. The van der Waals surface area contributed by atoms with Crippen molar-refractivity contribution >= 4 is 47.0 Å². The molecule has 1 aromatic carbocycles. The van der Waals surface area contributed by atoms with Crippen molar-refractivity contribution in [1.82, 2.24) is 5.32 Å². The zero-order valence-electron chi connectivity index (χ0n) is 10.7. The van der Waals surface area contributed by atoms with Crippen LogP contribution in [-0.4, -0.2) is 44.4 Å². The Kier molecular flexibility index (Phi) is 8.07. The molecule has 0 aliphatic carbocycles. The largest absolute Gasteiger partial charge is 0.563 e. The lowest BCUT2D eigenvalue weighted by atomic mass is 10.0. The molecule has 1 aromatic rings. The predicted octanol–water partition coefficient (Wildman–Crippen LogP) is 0.142. The standard InChI is InChI=1S/C12H15NO3S2.Al.2H/c14-11(15)7-13-12(16)10(8-18-17)6-9-4-2-1-3-5-9;;;/h1-5,10,17H,6-8H2,(H,13,16)(H,14,15);;;/q;+1;;. The van der Waals surface area contributed by atoms with Crippen LogP contribution in [0.4, 0.5) is 0 Å². The highest BCUT2D eigenvalue weighted by atomic mass is 33.2. The zero-order valence-corrected chi connectivity index (χ0v) is 14.4. The molecule has 0 aliphatic heterocycles. The third kappa shape index (κ3) is 6.93. The minimum atomic E-state index is -0.767. The van der Waals surface area contributed by atoms with Gasteiger partial charge in [-0.1, -0.05) is 30.3 Å². The van der Waals surface area contributed by atoms with E-state index in [1.54, 1.807) is 20.0 Å². The fourth-order valence-electron chi connectivity index (χ4n) is 1.59. The number of hydrogen-bond acceptors (Lipinski definition) is 4. The molecular weight excluding hydrogens is 297 g/mol. The highest BCUT2D eigenvalue weighted by Crippen LogP contribution is 2.22. The monoisotopic (exact) mass is 314 g/mol. The van der Waals surface area contributed by atoms with E-state index in [4.69, 9.17) is 5.11 Å². The Bertz CT molecular complexity index is 417. The van der Waals surface area contributed by atoms with Crippen molar-refractivity contribution in [2.45, 2.75) is 6.42 Å². The number of rotatable bonds is 8. The lowest BCUT2D eigenvalue weighted by Crippen LogP contribution is -2.36. The number of benzene rings is 1. The van der Waals surface area contributed by atoms with Gasteiger partial charge in [0, 0.05) is 10.5 Å². The molecule has 0 aromatic heterocycles. The molecule has 102 valence electrons. The van der Waals surface area contributed by atoms with Gasteiger partial charge < -0.3 is 10.4 Å². The number of carbonyl (C=O) groups is 2. The van der Waals surface area contributed by atoms with Crippen molar-refractivity contribution in [3.05, 3.63) is 35.9 Å². The summed E-state index contributed by atoms with van der Waals surface area (Å²) in [5, 5.41) is 9.34. The van der Waals surface area contributed by atoms with Crippen LogP contribution in [0.5, 0.6) is 0 Å². The van der Waals surface area contributed by atoms with Gasteiger partial charge in [0.25, 0.3) is 0 Å². The summed E-state index contributed by atoms with van der Waals surface area (Å²) in [6, 6.07) is 9.83. The van der Waals surface area contributed by atoms with Gasteiger partial charge in [0.05, 0.1) is 5.92 Å². The van der Waals surface area contributed by atoms with Crippen molar-refractivity contribution in [3.63, 3.8) is 0 Å². The first-order valence-electron chi connectivity index (χ1n) is 5.85. The summed E-state index contributed by atoms with van der Waals surface area (Å²) in [7, 11) is 3.44. The molecule has 1 amide bonds.